The topological polar surface area (TPSA) is 24.9 Å². The van der Waals surface area contributed by atoms with Gasteiger partial charge in [-0.05, 0) is 49.3 Å². The third-order valence-electron chi connectivity index (χ3n) is 4.13. The van der Waals surface area contributed by atoms with Crippen LogP contribution in [0.25, 0.3) is 0 Å². The van der Waals surface area contributed by atoms with E-state index in [1.807, 2.05) is 17.5 Å². The molecule has 0 saturated carbocycles. The van der Waals surface area contributed by atoms with Crippen LogP contribution >= 0.6 is 11.3 Å². The molecule has 3 heteroatoms. The van der Waals surface area contributed by atoms with Crippen molar-refractivity contribution in [3.8, 4) is 0 Å². The highest BCUT2D eigenvalue weighted by atomic mass is 32.1. The normalized spacial score (nSPS) is 15.3. The number of hydrogen-bond donors (Lipinski definition) is 1. The van der Waals surface area contributed by atoms with Crippen LogP contribution in [-0.4, -0.2) is 4.98 Å². The molecule has 1 aliphatic carbocycles. The second-order valence-electron chi connectivity index (χ2n) is 5.56. The first-order chi connectivity index (χ1) is 9.76. The van der Waals surface area contributed by atoms with E-state index in [4.69, 9.17) is 0 Å². The fourth-order valence-corrected chi connectivity index (χ4v) is 3.63. The number of thiazole rings is 1. The summed E-state index contributed by atoms with van der Waals surface area (Å²) in [6.07, 6.45) is 6.91. The van der Waals surface area contributed by atoms with Gasteiger partial charge in [-0.25, -0.2) is 4.98 Å². The van der Waals surface area contributed by atoms with Crippen molar-refractivity contribution in [3.63, 3.8) is 0 Å². The van der Waals surface area contributed by atoms with Crippen LogP contribution in [0.4, 0.5) is 0 Å². The second-order valence-corrected chi connectivity index (χ2v) is 6.76. The number of aromatic nitrogens is 1. The van der Waals surface area contributed by atoms with Crippen LogP contribution in [-0.2, 0) is 25.8 Å². The summed E-state index contributed by atoms with van der Waals surface area (Å²) in [4.78, 5) is 5.83. The fraction of sp³-hybridized carbons (Fsp3) is 0.471. The van der Waals surface area contributed by atoms with Gasteiger partial charge in [0.2, 0.25) is 0 Å². The SMILES string of the molecule is CCc1cnc(CNC(C)c2ccc3c(c2)CCC3)s1. The van der Waals surface area contributed by atoms with Gasteiger partial charge in [-0.1, -0.05) is 25.1 Å². The van der Waals surface area contributed by atoms with Gasteiger partial charge < -0.3 is 5.32 Å². The highest BCUT2D eigenvalue weighted by Crippen LogP contribution is 2.25. The van der Waals surface area contributed by atoms with Gasteiger partial charge in [0.15, 0.2) is 0 Å². The predicted molar refractivity (Wildman–Crippen MR) is 85.2 cm³/mol. The minimum Gasteiger partial charge on any atom is -0.304 e. The monoisotopic (exact) mass is 286 g/mol. The van der Waals surface area contributed by atoms with E-state index in [1.165, 1.54) is 34.7 Å². The van der Waals surface area contributed by atoms with Gasteiger partial charge >= 0.3 is 0 Å². The molecule has 1 N–H and O–H groups in total. The lowest BCUT2D eigenvalue weighted by Gasteiger charge is -2.14. The molecule has 0 saturated heterocycles. The van der Waals surface area contributed by atoms with Crippen LogP contribution in [0.2, 0.25) is 0 Å². The molecule has 0 radical (unpaired) electrons. The molecule has 0 amide bonds. The highest BCUT2D eigenvalue weighted by Gasteiger charge is 2.13. The fourth-order valence-electron chi connectivity index (χ4n) is 2.81. The molecular weight excluding hydrogens is 264 g/mol. The second kappa shape index (κ2) is 6.06. The molecule has 1 aliphatic rings. The molecule has 20 heavy (non-hydrogen) atoms. The lowest BCUT2D eigenvalue weighted by Crippen LogP contribution is -2.18. The number of nitrogens with one attached hydrogen (secondary N) is 1. The van der Waals surface area contributed by atoms with E-state index in [1.54, 1.807) is 11.1 Å². The maximum atomic E-state index is 4.47. The average molecular weight is 286 g/mol. The van der Waals surface area contributed by atoms with E-state index in [0.29, 0.717) is 6.04 Å². The van der Waals surface area contributed by atoms with E-state index in [9.17, 15) is 0 Å². The van der Waals surface area contributed by atoms with Gasteiger partial charge in [0.25, 0.3) is 0 Å². The molecule has 0 spiro atoms. The molecule has 3 rings (SSSR count). The first-order valence-corrected chi connectivity index (χ1v) is 8.36. The van der Waals surface area contributed by atoms with Crippen molar-refractivity contribution in [1.29, 1.82) is 0 Å². The Labute approximate surface area is 125 Å². The van der Waals surface area contributed by atoms with Crippen LogP contribution in [0.1, 0.15) is 52.9 Å². The number of nitrogens with zero attached hydrogens (tertiary/aromatic N) is 1. The maximum absolute atomic E-state index is 4.47. The van der Waals surface area contributed by atoms with Gasteiger partial charge in [-0.3, -0.25) is 0 Å². The van der Waals surface area contributed by atoms with Crippen molar-refractivity contribution in [3.05, 3.63) is 51.0 Å². The van der Waals surface area contributed by atoms with Gasteiger partial charge in [-0.15, -0.1) is 11.3 Å². The summed E-state index contributed by atoms with van der Waals surface area (Å²) >= 11 is 1.82. The molecular formula is C17H22N2S. The Hall–Kier alpha value is -1.19. The van der Waals surface area contributed by atoms with E-state index in [-0.39, 0.29) is 0 Å². The molecule has 0 fully saturated rings. The molecule has 1 aromatic carbocycles. The van der Waals surface area contributed by atoms with Crippen LogP contribution in [0.3, 0.4) is 0 Å². The summed E-state index contributed by atoms with van der Waals surface area (Å²) in [6.45, 7) is 5.28. The zero-order valence-electron chi connectivity index (χ0n) is 12.3. The number of aryl methyl sites for hydroxylation is 3. The Morgan fingerprint density at radius 1 is 1.30 bits per heavy atom. The molecule has 0 bridgehead atoms. The predicted octanol–water partition coefficient (Wildman–Crippen LogP) is 4.05. The van der Waals surface area contributed by atoms with Gasteiger partial charge in [0.1, 0.15) is 5.01 Å². The minimum atomic E-state index is 0.384. The quantitative estimate of drug-likeness (QED) is 0.897. The van der Waals surface area contributed by atoms with Gasteiger partial charge in [0.05, 0.1) is 0 Å². The summed E-state index contributed by atoms with van der Waals surface area (Å²) in [7, 11) is 0. The molecule has 106 valence electrons. The summed E-state index contributed by atoms with van der Waals surface area (Å²) in [5.41, 5.74) is 4.50. The molecule has 1 heterocycles. The Balaban J connectivity index is 1.62. The Kier molecular flexibility index (Phi) is 4.18. The average Bonchev–Trinajstić information content (AvgIpc) is 3.12. The summed E-state index contributed by atoms with van der Waals surface area (Å²) in [6, 6.07) is 7.37. The molecule has 0 aliphatic heterocycles. The Morgan fingerprint density at radius 3 is 2.95 bits per heavy atom. The molecule has 2 nitrogen and oxygen atoms in total. The molecule has 1 atom stereocenters. The third kappa shape index (κ3) is 2.94. The van der Waals surface area contributed by atoms with E-state index in [0.717, 1.165) is 13.0 Å². The lowest BCUT2D eigenvalue weighted by atomic mass is 10.0. The summed E-state index contributed by atoms with van der Waals surface area (Å²) in [5, 5.41) is 4.78. The van der Waals surface area contributed by atoms with E-state index in [2.05, 4.69) is 42.3 Å². The number of benzene rings is 1. The zero-order valence-corrected chi connectivity index (χ0v) is 13.1. The smallest absolute Gasteiger partial charge is 0.107 e. The largest absolute Gasteiger partial charge is 0.304 e. The van der Waals surface area contributed by atoms with Crippen molar-refractivity contribution in [2.24, 2.45) is 0 Å². The van der Waals surface area contributed by atoms with Gasteiger partial charge in [0, 0.05) is 23.7 Å². The van der Waals surface area contributed by atoms with Gasteiger partial charge in [-0.2, -0.15) is 0 Å². The Morgan fingerprint density at radius 2 is 2.15 bits per heavy atom. The van der Waals surface area contributed by atoms with E-state index >= 15 is 0 Å². The van der Waals surface area contributed by atoms with Crippen molar-refractivity contribution in [1.82, 2.24) is 10.3 Å². The summed E-state index contributed by atoms with van der Waals surface area (Å²) in [5.74, 6) is 0. The number of fused-ring (bicyclic) bond motifs is 1. The zero-order chi connectivity index (χ0) is 13.9. The molecule has 1 aromatic heterocycles. The first kappa shape index (κ1) is 13.8. The maximum Gasteiger partial charge on any atom is 0.107 e. The number of hydrogen-bond acceptors (Lipinski definition) is 3. The first-order valence-electron chi connectivity index (χ1n) is 7.55. The Bertz CT molecular complexity index is 588. The van der Waals surface area contributed by atoms with Crippen LogP contribution < -0.4 is 5.32 Å². The van der Waals surface area contributed by atoms with Crippen molar-refractivity contribution < 1.29 is 0 Å². The standard InChI is InChI=1S/C17H22N2S/c1-3-16-10-19-17(20-16)11-18-12(2)14-8-7-13-5-4-6-15(13)9-14/h7-10,12,18H,3-6,11H2,1-2H3. The van der Waals surface area contributed by atoms with Crippen LogP contribution in [0.5, 0.6) is 0 Å². The van der Waals surface area contributed by atoms with Crippen LogP contribution in [0.15, 0.2) is 24.4 Å². The molecule has 2 aromatic rings. The molecule has 1 unspecified atom stereocenters. The van der Waals surface area contributed by atoms with Crippen LogP contribution in [0, 0.1) is 0 Å². The summed E-state index contributed by atoms with van der Waals surface area (Å²) < 4.78 is 0. The lowest BCUT2D eigenvalue weighted by molar-refractivity contribution is 0.573. The number of rotatable bonds is 5. The van der Waals surface area contributed by atoms with Crippen molar-refractivity contribution in [2.45, 2.75) is 52.1 Å². The third-order valence-corrected chi connectivity index (χ3v) is 5.27. The minimum absolute atomic E-state index is 0.384. The highest BCUT2D eigenvalue weighted by molar-refractivity contribution is 7.11. The van der Waals surface area contributed by atoms with E-state index < -0.39 is 0 Å². The van der Waals surface area contributed by atoms with Crippen molar-refractivity contribution >= 4 is 11.3 Å². The van der Waals surface area contributed by atoms with Crippen molar-refractivity contribution in [2.75, 3.05) is 0 Å².